The average molecular weight is 322 g/mol. The van der Waals surface area contributed by atoms with Gasteiger partial charge in [-0.15, -0.1) is 0 Å². The van der Waals surface area contributed by atoms with E-state index in [4.69, 9.17) is 0 Å². The highest BCUT2D eigenvalue weighted by molar-refractivity contribution is 5.82. The van der Waals surface area contributed by atoms with E-state index in [0.29, 0.717) is 6.42 Å². The van der Waals surface area contributed by atoms with Gasteiger partial charge in [-0.3, -0.25) is 9.78 Å². The van der Waals surface area contributed by atoms with Gasteiger partial charge in [-0.25, -0.2) is 4.98 Å². The molecular weight excluding hydrogens is 300 g/mol. The fraction of sp³-hybridized carbons (Fsp3) is 0.316. The fourth-order valence-electron chi connectivity index (χ4n) is 3.07. The van der Waals surface area contributed by atoms with Crippen molar-refractivity contribution in [2.45, 2.75) is 32.7 Å². The van der Waals surface area contributed by atoms with Crippen LogP contribution in [0.5, 0.6) is 0 Å². The number of hydrogen-bond donors (Lipinski definition) is 1. The maximum Gasteiger partial charge on any atom is 0.227 e. The Morgan fingerprint density at radius 2 is 2.17 bits per heavy atom. The summed E-state index contributed by atoms with van der Waals surface area (Å²) in [7, 11) is 1.86. The highest BCUT2D eigenvalue weighted by Crippen LogP contribution is 2.23. The van der Waals surface area contributed by atoms with Crippen LogP contribution in [0.15, 0.2) is 42.7 Å². The van der Waals surface area contributed by atoms with E-state index < -0.39 is 0 Å². The summed E-state index contributed by atoms with van der Waals surface area (Å²) in [5.41, 5.74) is 3.96. The second-order valence-electron chi connectivity index (χ2n) is 6.07. The maximum atomic E-state index is 12.7. The normalized spacial score (nSPS) is 12.3. The summed E-state index contributed by atoms with van der Waals surface area (Å²) in [5, 5.41) is 0. The van der Waals surface area contributed by atoms with E-state index in [1.54, 1.807) is 6.20 Å². The molecule has 124 valence electrons. The predicted molar refractivity (Wildman–Crippen MR) is 94.6 cm³/mol. The standard InChI is InChI=1S/C19H22N4O/c1-4-18(15-6-5-9-20-12-15)23(3)19(24)11-14-7-8-16-17(10-14)22-13(2)21-16/h5-10,12,18H,4,11H2,1-3H3,(H,21,22). The quantitative estimate of drug-likeness (QED) is 0.783. The largest absolute Gasteiger partial charge is 0.342 e. The number of fused-ring (bicyclic) bond motifs is 1. The molecule has 3 aromatic rings. The number of rotatable bonds is 5. The van der Waals surface area contributed by atoms with Crippen LogP contribution in [0.1, 0.15) is 36.3 Å². The van der Waals surface area contributed by atoms with Crippen LogP contribution in [0.25, 0.3) is 11.0 Å². The Morgan fingerprint density at radius 3 is 2.88 bits per heavy atom. The smallest absolute Gasteiger partial charge is 0.227 e. The van der Waals surface area contributed by atoms with E-state index in [1.165, 1.54) is 0 Å². The van der Waals surface area contributed by atoms with Gasteiger partial charge >= 0.3 is 0 Å². The SMILES string of the molecule is CCC(c1cccnc1)N(C)C(=O)Cc1ccc2nc(C)[nH]c2c1. The number of amides is 1. The zero-order valence-electron chi connectivity index (χ0n) is 14.3. The van der Waals surface area contributed by atoms with Gasteiger partial charge in [-0.05, 0) is 42.7 Å². The zero-order chi connectivity index (χ0) is 17.1. The zero-order valence-corrected chi connectivity index (χ0v) is 14.3. The van der Waals surface area contributed by atoms with Gasteiger partial charge in [0.1, 0.15) is 5.82 Å². The van der Waals surface area contributed by atoms with Crippen molar-refractivity contribution >= 4 is 16.9 Å². The first-order valence-corrected chi connectivity index (χ1v) is 8.19. The van der Waals surface area contributed by atoms with E-state index in [0.717, 1.165) is 34.4 Å². The monoisotopic (exact) mass is 322 g/mol. The lowest BCUT2D eigenvalue weighted by Gasteiger charge is -2.27. The number of carbonyl (C=O) groups is 1. The Bertz CT molecular complexity index is 841. The summed E-state index contributed by atoms with van der Waals surface area (Å²) >= 11 is 0. The molecule has 0 aliphatic heterocycles. The van der Waals surface area contributed by atoms with Gasteiger partial charge in [0, 0.05) is 19.4 Å². The van der Waals surface area contributed by atoms with Crippen molar-refractivity contribution in [1.82, 2.24) is 19.9 Å². The number of nitrogens with zero attached hydrogens (tertiary/aromatic N) is 3. The number of aromatic nitrogens is 3. The van der Waals surface area contributed by atoms with E-state index in [1.807, 2.05) is 55.4 Å². The number of hydrogen-bond acceptors (Lipinski definition) is 3. The topological polar surface area (TPSA) is 61.9 Å². The number of aryl methyl sites for hydroxylation is 1. The Balaban J connectivity index is 1.76. The lowest BCUT2D eigenvalue weighted by molar-refractivity contribution is -0.131. The molecule has 5 heteroatoms. The Kier molecular flexibility index (Phi) is 4.60. The summed E-state index contributed by atoms with van der Waals surface area (Å²) in [4.78, 5) is 26.3. The van der Waals surface area contributed by atoms with Crippen LogP contribution in [0.4, 0.5) is 0 Å². The molecule has 0 radical (unpaired) electrons. The molecule has 1 aromatic carbocycles. The van der Waals surface area contributed by atoms with Crippen molar-refractivity contribution in [2.75, 3.05) is 7.05 Å². The van der Waals surface area contributed by atoms with Crippen LogP contribution in [-0.4, -0.2) is 32.8 Å². The Morgan fingerprint density at radius 1 is 1.33 bits per heavy atom. The summed E-state index contributed by atoms with van der Waals surface area (Å²) in [6, 6.07) is 9.91. The van der Waals surface area contributed by atoms with Crippen molar-refractivity contribution in [2.24, 2.45) is 0 Å². The lowest BCUT2D eigenvalue weighted by Crippen LogP contribution is -2.32. The Labute approximate surface area is 141 Å². The van der Waals surface area contributed by atoms with Gasteiger partial charge in [0.2, 0.25) is 5.91 Å². The number of nitrogens with one attached hydrogen (secondary N) is 1. The molecule has 0 spiro atoms. The van der Waals surface area contributed by atoms with Gasteiger partial charge in [0.05, 0.1) is 23.5 Å². The van der Waals surface area contributed by atoms with Gasteiger partial charge in [-0.2, -0.15) is 0 Å². The first-order valence-electron chi connectivity index (χ1n) is 8.19. The second kappa shape index (κ2) is 6.83. The summed E-state index contributed by atoms with van der Waals surface area (Å²) in [5.74, 6) is 0.981. The minimum atomic E-state index is 0.0457. The molecule has 0 fully saturated rings. The summed E-state index contributed by atoms with van der Waals surface area (Å²) in [6.45, 7) is 4.01. The molecule has 0 saturated carbocycles. The first-order chi connectivity index (χ1) is 11.6. The van der Waals surface area contributed by atoms with Crippen molar-refractivity contribution in [3.63, 3.8) is 0 Å². The highest BCUT2D eigenvalue weighted by Gasteiger charge is 2.20. The minimum absolute atomic E-state index is 0.0457. The van der Waals surface area contributed by atoms with Gasteiger partial charge in [0.25, 0.3) is 0 Å². The van der Waals surface area contributed by atoms with E-state index in [2.05, 4.69) is 21.9 Å². The van der Waals surface area contributed by atoms with Crippen molar-refractivity contribution < 1.29 is 4.79 Å². The first kappa shape index (κ1) is 16.2. The van der Waals surface area contributed by atoms with Crippen LogP contribution >= 0.6 is 0 Å². The molecule has 1 unspecified atom stereocenters. The second-order valence-corrected chi connectivity index (χ2v) is 6.07. The van der Waals surface area contributed by atoms with Crippen LogP contribution in [0.3, 0.4) is 0 Å². The maximum absolute atomic E-state index is 12.7. The third-order valence-corrected chi connectivity index (χ3v) is 4.34. The fourth-order valence-corrected chi connectivity index (χ4v) is 3.07. The number of H-pyrrole nitrogens is 1. The minimum Gasteiger partial charge on any atom is -0.342 e. The van der Waals surface area contributed by atoms with Crippen molar-refractivity contribution in [1.29, 1.82) is 0 Å². The highest BCUT2D eigenvalue weighted by atomic mass is 16.2. The number of aromatic amines is 1. The average Bonchev–Trinajstić information content (AvgIpc) is 2.95. The molecule has 0 aliphatic carbocycles. The van der Waals surface area contributed by atoms with E-state index >= 15 is 0 Å². The van der Waals surface area contributed by atoms with Gasteiger partial charge < -0.3 is 9.88 Å². The van der Waals surface area contributed by atoms with Crippen LogP contribution in [-0.2, 0) is 11.2 Å². The lowest BCUT2D eigenvalue weighted by atomic mass is 10.0. The molecule has 0 bridgehead atoms. The van der Waals surface area contributed by atoms with E-state index in [-0.39, 0.29) is 11.9 Å². The van der Waals surface area contributed by atoms with E-state index in [9.17, 15) is 4.79 Å². The number of pyridine rings is 1. The number of benzene rings is 1. The van der Waals surface area contributed by atoms with Crippen molar-refractivity contribution in [3.05, 3.63) is 59.7 Å². The molecule has 2 heterocycles. The third kappa shape index (κ3) is 3.30. The van der Waals surface area contributed by atoms with Crippen LogP contribution < -0.4 is 0 Å². The number of carbonyl (C=O) groups excluding carboxylic acids is 1. The number of likely N-dealkylation sites (N-methyl/N-ethyl adjacent to an activating group) is 1. The predicted octanol–water partition coefficient (Wildman–Crippen LogP) is 3.42. The summed E-state index contributed by atoms with van der Waals surface area (Å²) in [6.07, 6.45) is 4.81. The molecule has 1 N–H and O–H groups in total. The molecule has 2 aromatic heterocycles. The number of imidazole rings is 1. The molecule has 24 heavy (non-hydrogen) atoms. The Hall–Kier alpha value is -2.69. The van der Waals surface area contributed by atoms with Crippen molar-refractivity contribution in [3.8, 4) is 0 Å². The molecule has 3 rings (SSSR count). The van der Waals surface area contributed by atoms with Gasteiger partial charge in [-0.1, -0.05) is 19.1 Å². The van der Waals surface area contributed by atoms with Crippen LogP contribution in [0, 0.1) is 6.92 Å². The molecule has 0 saturated heterocycles. The molecule has 1 atom stereocenters. The molecule has 5 nitrogen and oxygen atoms in total. The molecular formula is C19H22N4O. The summed E-state index contributed by atoms with van der Waals surface area (Å²) < 4.78 is 0. The van der Waals surface area contributed by atoms with Gasteiger partial charge in [0.15, 0.2) is 0 Å². The third-order valence-electron chi connectivity index (χ3n) is 4.34. The van der Waals surface area contributed by atoms with Crippen LogP contribution in [0.2, 0.25) is 0 Å². The molecule has 0 aliphatic rings. The molecule has 1 amide bonds.